The number of allylic oxidation sites excluding steroid dienone is 1. The van der Waals surface area contributed by atoms with Gasteiger partial charge >= 0.3 is 0 Å². The predicted molar refractivity (Wildman–Crippen MR) is 87.3 cm³/mol. The molecule has 24 heavy (non-hydrogen) atoms. The van der Waals surface area contributed by atoms with Gasteiger partial charge in [-0.2, -0.15) is 0 Å². The quantitative estimate of drug-likeness (QED) is 0.625. The van der Waals surface area contributed by atoms with Crippen LogP contribution in [0.15, 0.2) is 36.4 Å². The van der Waals surface area contributed by atoms with Gasteiger partial charge in [0.1, 0.15) is 0 Å². The second kappa shape index (κ2) is 7.50. The Morgan fingerprint density at radius 2 is 2.00 bits per heavy atom. The van der Waals surface area contributed by atoms with Crippen molar-refractivity contribution < 1.29 is 28.9 Å². The lowest BCUT2D eigenvalue weighted by atomic mass is 10.1. The molecule has 0 radical (unpaired) electrons. The van der Waals surface area contributed by atoms with Gasteiger partial charge in [-0.25, -0.2) is 4.39 Å². The van der Waals surface area contributed by atoms with Crippen LogP contribution in [0, 0.1) is 5.82 Å². The average Bonchev–Trinajstić information content (AvgIpc) is 2.55. The van der Waals surface area contributed by atoms with E-state index in [1.165, 1.54) is 43.5 Å². The summed E-state index contributed by atoms with van der Waals surface area (Å²) in [5.41, 5.74) is 0.432. The van der Waals surface area contributed by atoms with Gasteiger partial charge in [0.15, 0.2) is 28.8 Å². The Morgan fingerprint density at radius 3 is 2.62 bits per heavy atom. The van der Waals surface area contributed by atoms with Crippen LogP contribution < -0.4 is 9.47 Å². The molecule has 0 saturated carbocycles. The predicted octanol–water partition coefficient (Wildman–Crippen LogP) is 3.54. The number of methoxy groups -OCH3 is 1. The van der Waals surface area contributed by atoms with E-state index >= 15 is 0 Å². The van der Waals surface area contributed by atoms with Gasteiger partial charge < -0.3 is 19.7 Å². The van der Waals surface area contributed by atoms with Crippen molar-refractivity contribution in [2.45, 2.75) is 6.92 Å². The average molecular weight is 332 g/mol. The molecule has 0 amide bonds. The first-order valence-corrected chi connectivity index (χ1v) is 7.21. The Labute approximate surface area is 138 Å². The van der Waals surface area contributed by atoms with E-state index in [4.69, 9.17) is 9.47 Å². The maximum absolute atomic E-state index is 13.8. The third kappa shape index (κ3) is 3.65. The number of phenols is 2. The fraction of sp³-hybridized carbons (Fsp3) is 0.167. The maximum Gasteiger partial charge on any atom is 0.203 e. The highest BCUT2D eigenvalue weighted by Gasteiger charge is 2.16. The molecule has 0 aromatic heterocycles. The lowest BCUT2D eigenvalue weighted by Crippen LogP contribution is -1.97. The molecule has 0 heterocycles. The van der Waals surface area contributed by atoms with Gasteiger partial charge in [-0.05, 0) is 42.8 Å². The van der Waals surface area contributed by atoms with Gasteiger partial charge in [-0.15, -0.1) is 0 Å². The van der Waals surface area contributed by atoms with Crippen LogP contribution in [0.3, 0.4) is 0 Å². The number of ketones is 1. The molecule has 2 aromatic carbocycles. The molecule has 6 heteroatoms. The number of ether oxygens (including phenoxy) is 2. The Balaban J connectivity index is 2.24. The number of carbonyl (C=O) groups excluding carboxylic acids is 1. The summed E-state index contributed by atoms with van der Waals surface area (Å²) < 4.78 is 23.7. The fourth-order valence-corrected chi connectivity index (χ4v) is 2.12. The van der Waals surface area contributed by atoms with Crippen molar-refractivity contribution in [3.63, 3.8) is 0 Å². The number of aromatic hydroxyl groups is 2. The fourth-order valence-electron chi connectivity index (χ4n) is 2.12. The minimum atomic E-state index is -0.527. The first-order chi connectivity index (χ1) is 11.5. The minimum Gasteiger partial charge on any atom is -0.504 e. The second-order valence-corrected chi connectivity index (χ2v) is 4.83. The van der Waals surface area contributed by atoms with Crippen molar-refractivity contribution >= 4 is 11.9 Å². The zero-order valence-corrected chi connectivity index (χ0v) is 13.2. The summed E-state index contributed by atoms with van der Waals surface area (Å²) in [7, 11) is 1.27. The van der Waals surface area contributed by atoms with Crippen molar-refractivity contribution in [1.29, 1.82) is 0 Å². The van der Waals surface area contributed by atoms with Crippen molar-refractivity contribution in [2.75, 3.05) is 13.7 Å². The normalized spacial score (nSPS) is 10.8. The third-order valence-electron chi connectivity index (χ3n) is 3.26. The highest BCUT2D eigenvalue weighted by molar-refractivity contribution is 6.09. The van der Waals surface area contributed by atoms with E-state index < -0.39 is 17.3 Å². The van der Waals surface area contributed by atoms with Crippen LogP contribution in [-0.2, 0) is 0 Å². The van der Waals surface area contributed by atoms with Crippen LogP contribution in [0.5, 0.6) is 23.0 Å². The van der Waals surface area contributed by atoms with Crippen molar-refractivity contribution in [3.8, 4) is 23.0 Å². The van der Waals surface area contributed by atoms with Gasteiger partial charge in [-0.3, -0.25) is 4.79 Å². The summed E-state index contributed by atoms with van der Waals surface area (Å²) in [5, 5.41) is 19.5. The highest BCUT2D eigenvalue weighted by atomic mass is 19.1. The van der Waals surface area contributed by atoms with Gasteiger partial charge in [0.25, 0.3) is 0 Å². The molecule has 2 aromatic rings. The van der Waals surface area contributed by atoms with E-state index in [9.17, 15) is 19.4 Å². The van der Waals surface area contributed by atoms with E-state index in [1.54, 1.807) is 13.0 Å². The number of rotatable bonds is 6. The first kappa shape index (κ1) is 17.3. The van der Waals surface area contributed by atoms with Crippen LogP contribution in [-0.4, -0.2) is 29.7 Å². The van der Waals surface area contributed by atoms with E-state index in [0.717, 1.165) is 0 Å². The molecule has 2 rings (SSSR count). The first-order valence-electron chi connectivity index (χ1n) is 7.21. The van der Waals surface area contributed by atoms with Crippen LogP contribution >= 0.6 is 0 Å². The highest BCUT2D eigenvalue weighted by Crippen LogP contribution is 2.38. The summed E-state index contributed by atoms with van der Waals surface area (Å²) in [5.74, 6) is -1.81. The Hall–Kier alpha value is -3.02. The molecule has 0 bridgehead atoms. The van der Waals surface area contributed by atoms with Gasteiger partial charge in [-0.1, -0.05) is 12.1 Å². The van der Waals surface area contributed by atoms with Gasteiger partial charge in [0, 0.05) is 0 Å². The van der Waals surface area contributed by atoms with Gasteiger partial charge in [0.05, 0.1) is 19.3 Å². The Morgan fingerprint density at radius 1 is 1.25 bits per heavy atom. The van der Waals surface area contributed by atoms with E-state index in [-0.39, 0.29) is 22.8 Å². The number of phenolic OH excluding ortho intramolecular Hbond substituents is 2. The second-order valence-electron chi connectivity index (χ2n) is 4.83. The zero-order valence-electron chi connectivity index (χ0n) is 13.2. The van der Waals surface area contributed by atoms with Crippen LogP contribution in [0.25, 0.3) is 6.08 Å². The lowest BCUT2D eigenvalue weighted by Gasteiger charge is -2.08. The lowest BCUT2D eigenvalue weighted by molar-refractivity contribution is 0.104. The minimum absolute atomic E-state index is 0.0349. The Kier molecular flexibility index (Phi) is 5.42. The molecule has 2 N–H and O–H groups in total. The standard InChI is InChI=1S/C18H17FO5/c1-3-24-16-9-5-11(10-13(16)19)4-7-14(20)12-6-8-15(21)18(23-2)17(12)22/h4-10,21-22H,3H2,1-2H3/b7-4+. The summed E-state index contributed by atoms with van der Waals surface area (Å²) in [4.78, 5) is 12.2. The SMILES string of the molecule is CCOc1ccc(/C=C/C(=O)c2ccc(O)c(OC)c2O)cc1F. The molecule has 0 aliphatic rings. The molecule has 0 saturated heterocycles. The van der Waals surface area contributed by atoms with Crippen molar-refractivity contribution in [1.82, 2.24) is 0 Å². The molecular weight excluding hydrogens is 315 g/mol. The Bertz CT molecular complexity index is 783. The topological polar surface area (TPSA) is 76.0 Å². The van der Waals surface area contributed by atoms with Crippen molar-refractivity contribution in [2.24, 2.45) is 0 Å². The molecule has 126 valence electrons. The largest absolute Gasteiger partial charge is 0.504 e. The van der Waals surface area contributed by atoms with E-state index in [0.29, 0.717) is 12.2 Å². The molecule has 0 spiro atoms. The van der Waals surface area contributed by atoms with Crippen LogP contribution in [0.4, 0.5) is 4.39 Å². The molecule has 0 atom stereocenters. The molecule has 0 aliphatic carbocycles. The number of hydrogen-bond acceptors (Lipinski definition) is 5. The molecule has 5 nitrogen and oxygen atoms in total. The summed E-state index contributed by atoms with van der Waals surface area (Å²) in [6.07, 6.45) is 2.61. The number of carbonyl (C=O) groups is 1. The molecular formula is C18H17FO5. The number of hydrogen-bond donors (Lipinski definition) is 2. The summed E-state index contributed by atoms with van der Waals surface area (Å²) in [6, 6.07) is 6.85. The van der Waals surface area contributed by atoms with Crippen molar-refractivity contribution in [3.05, 3.63) is 53.4 Å². The molecule has 0 aliphatic heterocycles. The number of benzene rings is 2. The number of halogens is 1. The zero-order chi connectivity index (χ0) is 17.7. The maximum atomic E-state index is 13.8. The van der Waals surface area contributed by atoms with Crippen LogP contribution in [0.1, 0.15) is 22.8 Å². The monoisotopic (exact) mass is 332 g/mol. The summed E-state index contributed by atoms with van der Waals surface area (Å²) >= 11 is 0. The van der Waals surface area contributed by atoms with E-state index in [1.807, 2.05) is 0 Å². The summed E-state index contributed by atoms with van der Waals surface area (Å²) in [6.45, 7) is 2.11. The third-order valence-corrected chi connectivity index (χ3v) is 3.26. The molecule has 0 fully saturated rings. The van der Waals surface area contributed by atoms with Gasteiger partial charge in [0.2, 0.25) is 5.75 Å². The van der Waals surface area contributed by atoms with E-state index in [2.05, 4.69) is 0 Å². The molecule has 0 unspecified atom stereocenters. The van der Waals surface area contributed by atoms with Crippen LogP contribution in [0.2, 0.25) is 0 Å². The smallest absolute Gasteiger partial charge is 0.203 e.